The first-order valence-corrected chi connectivity index (χ1v) is 5.79. The number of aliphatic hydroxyl groups excluding tert-OH is 1. The van der Waals surface area contributed by atoms with Crippen molar-refractivity contribution in [1.29, 1.82) is 0 Å². The molecular formula is C13H14O4. The second-order valence-electron chi connectivity index (χ2n) is 4.51. The number of rotatable bonds is 2. The Balaban J connectivity index is 1.80. The molecule has 0 radical (unpaired) electrons. The Kier molecular flexibility index (Phi) is 2.70. The first-order valence-electron chi connectivity index (χ1n) is 5.79. The molecule has 17 heavy (non-hydrogen) atoms. The summed E-state index contributed by atoms with van der Waals surface area (Å²) in [6, 6.07) is 9.54. The third kappa shape index (κ3) is 1.78. The van der Waals surface area contributed by atoms with Crippen LogP contribution in [-0.4, -0.2) is 29.7 Å². The van der Waals surface area contributed by atoms with E-state index in [1.54, 1.807) is 0 Å². The van der Waals surface area contributed by atoms with Crippen LogP contribution in [0, 0.1) is 5.92 Å². The maximum Gasteiger partial charge on any atom is 0.185 e. The molecule has 0 bridgehead atoms. The molecule has 1 N–H and O–H groups in total. The van der Waals surface area contributed by atoms with Crippen molar-refractivity contribution in [3.8, 4) is 0 Å². The number of ketones is 1. The summed E-state index contributed by atoms with van der Waals surface area (Å²) in [6.07, 6.45) is -0.924. The Morgan fingerprint density at radius 2 is 2.00 bits per heavy atom. The lowest BCUT2D eigenvalue weighted by Gasteiger charge is -2.15. The summed E-state index contributed by atoms with van der Waals surface area (Å²) in [5.74, 6) is -0.0892. The van der Waals surface area contributed by atoms with Crippen molar-refractivity contribution in [2.45, 2.75) is 24.9 Å². The van der Waals surface area contributed by atoms with Crippen LogP contribution in [0.3, 0.4) is 0 Å². The van der Waals surface area contributed by atoms with Crippen LogP contribution in [0.1, 0.15) is 18.3 Å². The third-order valence-electron chi connectivity index (χ3n) is 3.40. The largest absolute Gasteiger partial charge is 0.396 e. The Labute approximate surface area is 99.2 Å². The van der Waals surface area contributed by atoms with Crippen molar-refractivity contribution in [3.63, 3.8) is 0 Å². The van der Waals surface area contributed by atoms with Gasteiger partial charge in [-0.15, -0.1) is 0 Å². The van der Waals surface area contributed by atoms with Gasteiger partial charge >= 0.3 is 0 Å². The van der Waals surface area contributed by atoms with Gasteiger partial charge in [-0.2, -0.15) is 0 Å². The fourth-order valence-electron chi connectivity index (χ4n) is 2.50. The second-order valence-corrected chi connectivity index (χ2v) is 4.51. The topological polar surface area (TPSA) is 55.8 Å². The number of benzene rings is 1. The Morgan fingerprint density at radius 1 is 1.24 bits per heavy atom. The van der Waals surface area contributed by atoms with E-state index < -0.39 is 12.4 Å². The molecule has 90 valence electrons. The second kappa shape index (κ2) is 4.22. The van der Waals surface area contributed by atoms with Gasteiger partial charge < -0.3 is 14.6 Å². The number of fused-ring (bicyclic) bond motifs is 1. The number of carbonyl (C=O) groups excluding carboxylic acids is 1. The Hall–Kier alpha value is -1.23. The van der Waals surface area contributed by atoms with Gasteiger partial charge in [0.15, 0.2) is 12.1 Å². The van der Waals surface area contributed by atoms with Crippen LogP contribution in [-0.2, 0) is 14.3 Å². The van der Waals surface area contributed by atoms with Crippen LogP contribution >= 0.6 is 0 Å². The minimum absolute atomic E-state index is 0.0300. The van der Waals surface area contributed by atoms with E-state index in [9.17, 15) is 9.90 Å². The average molecular weight is 234 g/mol. The van der Waals surface area contributed by atoms with Crippen LogP contribution in [0.2, 0.25) is 0 Å². The predicted octanol–water partition coefficient (Wildman–Crippen LogP) is 1.05. The highest BCUT2D eigenvalue weighted by Gasteiger charge is 2.50. The molecule has 2 fully saturated rings. The standard InChI is InChI=1S/C13H14O4/c14-7-9-6-10(15)12-11(9)16-13(17-12)8-4-2-1-3-5-8/h1-5,9,11-14H,6-7H2/t9-,11-,12+,13-/m1/s1. The molecule has 0 unspecified atom stereocenters. The van der Waals surface area contributed by atoms with Gasteiger partial charge in [0.1, 0.15) is 6.10 Å². The van der Waals surface area contributed by atoms with Crippen molar-refractivity contribution in [3.05, 3.63) is 35.9 Å². The molecule has 1 aliphatic carbocycles. The van der Waals surface area contributed by atoms with Gasteiger partial charge in [0.05, 0.1) is 6.10 Å². The molecule has 1 saturated carbocycles. The van der Waals surface area contributed by atoms with Crippen molar-refractivity contribution >= 4 is 5.78 Å². The number of hydrogen-bond acceptors (Lipinski definition) is 4. The molecule has 0 spiro atoms. The van der Waals surface area contributed by atoms with E-state index in [1.165, 1.54) is 0 Å². The number of carbonyl (C=O) groups is 1. The van der Waals surface area contributed by atoms with Crippen LogP contribution in [0.15, 0.2) is 30.3 Å². The molecule has 3 rings (SSSR count). The zero-order valence-electron chi connectivity index (χ0n) is 9.28. The Bertz CT molecular complexity index is 417. The lowest BCUT2D eigenvalue weighted by molar-refractivity contribution is -0.132. The van der Waals surface area contributed by atoms with Crippen LogP contribution < -0.4 is 0 Å². The SMILES string of the molecule is O=C1C[C@H](CO)[C@H]2O[C@@H](c3ccccc3)O[C@@H]12. The smallest absolute Gasteiger partial charge is 0.185 e. The van der Waals surface area contributed by atoms with Crippen LogP contribution in [0.5, 0.6) is 0 Å². The molecular weight excluding hydrogens is 220 g/mol. The molecule has 2 aliphatic rings. The number of hydrogen-bond donors (Lipinski definition) is 1. The number of ether oxygens (including phenoxy) is 2. The molecule has 1 aromatic rings. The average Bonchev–Trinajstić information content (AvgIpc) is 2.92. The number of aliphatic hydroxyl groups is 1. The van der Waals surface area contributed by atoms with E-state index in [4.69, 9.17) is 9.47 Å². The lowest BCUT2D eigenvalue weighted by atomic mass is 10.1. The quantitative estimate of drug-likeness (QED) is 0.831. The Morgan fingerprint density at radius 3 is 2.71 bits per heavy atom. The van der Waals surface area contributed by atoms with E-state index in [2.05, 4.69) is 0 Å². The molecule has 0 amide bonds. The first-order chi connectivity index (χ1) is 8.29. The minimum atomic E-state index is -0.502. The highest BCUT2D eigenvalue weighted by Crippen LogP contribution is 2.40. The third-order valence-corrected chi connectivity index (χ3v) is 3.40. The molecule has 0 aromatic heterocycles. The summed E-state index contributed by atoms with van der Waals surface area (Å²) >= 11 is 0. The highest BCUT2D eigenvalue weighted by molar-refractivity contribution is 5.86. The summed E-state index contributed by atoms with van der Waals surface area (Å²) in [4.78, 5) is 11.7. The maximum absolute atomic E-state index is 11.7. The van der Waals surface area contributed by atoms with Crippen molar-refractivity contribution in [2.24, 2.45) is 5.92 Å². The summed E-state index contributed by atoms with van der Waals surface area (Å²) in [6.45, 7) is -0.0300. The van der Waals surface area contributed by atoms with Crippen molar-refractivity contribution < 1.29 is 19.4 Å². The van der Waals surface area contributed by atoms with Crippen LogP contribution in [0.4, 0.5) is 0 Å². The van der Waals surface area contributed by atoms with E-state index in [-0.39, 0.29) is 24.4 Å². The lowest BCUT2D eigenvalue weighted by Crippen LogP contribution is -2.26. The summed E-state index contributed by atoms with van der Waals surface area (Å²) < 4.78 is 11.4. The molecule has 1 aliphatic heterocycles. The van der Waals surface area contributed by atoms with Gasteiger partial charge in [0, 0.05) is 24.5 Å². The van der Waals surface area contributed by atoms with Gasteiger partial charge in [0.25, 0.3) is 0 Å². The fraction of sp³-hybridized carbons (Fsp3) is 0.462. The van der Waals surface area contributed by atoms with Gasteiger partial charge in [-0.25, -0.2) is 0 Å². The van der Waals surface area contributed by atoms with Crippen molar-refractivity contribution in [2.75, 3.05) is 6.61 Å². The highest BCUT2D eigenvalue weighted by atomic mass is 16.7. The van der Waals surface area contributed by atoms with Gasteiger partial charge in [-0.05, 0) is 0 Å². The maximum atomic E-state index is 11.7. The monoisotopic (exact) mass is 234 g/mol. The first kappa shape index (κ1) is 10.9. The van der Waals surface area contributed by atoms with Crippen molar-refractivity contribution in [1.82, 2.24) is 0 Å². The summed E-state index contributed by atoms with van der Waals surface area (Å²) in [5, 5.41) is 9.20. The predicted molar refractivity (Wildman–Crippen MR) is 59.1 cm³/mol. The fourth-order valence-corrected chi connectivity index (χ4v) is 2.50. The molecule has 4 heteroatoms. The molecule has 1 heterocycles. The molecule has 4 atom stereocenters. The number of Topliss-reactive ketones (excluding diaryl/α,β-unsaturated/α-hetero) is 1. The van der Waals surface area contributed by atoms with Gasteiger partial charge in [0.2, 0.25) is 0 Å². The summed E-state index contributed by atoms with van der Waals surface area (Å²) in [5.41, 5.74) is 0.909. The molecule has 4 nitrogen and oxygen atoms in total. The normalized spacial score (nSPS) is 36.2. The molecule has 1 saturated heterocycles. The van der Waals surface area contributed by atoms with E-state index in [1.807, 2.05) is 30.3 Å². The van der Waals surface area contributed by atoms with Gasteiger partial charge in [-0.1, -0.05) is 30.3 Å². The summed E-state index contributed by atoms with van der Waals surface area (Å²) in [7, 11) is 0. The van der Waals surface area contributed by atoms with Crippen LogP contribution in [0.25, 0.3) is 0 Å². The van der Waals surface area contributed by atoms with E-state index >= 15 is 0 Å². The zero-order valence-corrected chi connectivity index (χ0v) is 9.28. The molecule has 1 aromatic carbocycles. The zero-order chi connectivity index (χ0) is 11.8. The van der Waals surface area contributed by atoms with E-state index in [0.717, 1.165) is 5.56 Å². The van der Waals surface area contributed by atoms with E-state index in [0.29, 0.717) is 6.42 Å². The van der Waals surface area contributed by atoms with Gasteiger partial charge in [-0.3, -0.25) is 4.79 Å². The minimum Gasteiger partial charge on any atom is -0.396 e.